The highest BCUT2D eigenvalue weighted by molar-refractivity contribution is 14.1. The third kappa shape index (κ3) is 10.2. The molecule has 0 aromatic carbocycles. The Morgan fingerprint density at radius 1 is 1.07 bits per heavy atom. The average molecular weight is 313 g/mol. The number of alkyl halides is 1. The summed E-state index contributed by atoms with van der Waals surface area (Å²) >= 11 is 2.01. The second-order valence-corrected chi connectivity index (χ2v) is 4.03. The molecule has 0 bridgehead atoms. The van der Waals surface area contributed by atoms with Gasteiger partial charge in [0, 0.05) is 0 Å². The number of unbranched alkanes of at least 4 members (excludes halogenated alkanes) is 5. The number of nitrogens with two attached hydrogens (primary N) is 1. The molecule has 0 rings (SSSR count). The third-order valence-electron chi connectivity index (χ3n) is 1.97. The van der Waals surface area contributed by atoms with Gasteiger partial charge in [0.05, 0.1) is 11.0 Å². The summed E-state index contributed by atoms with van der Waals surface area (Å²) in [5.41, 5.74) is 5.38. The lowest BCUT2D eigenvalue weighted by Crippen LogP contribution is -2.06. The second-order valence-electron chi connectivity index (χ2n) is 3.26. The van der Waals surface area contributed by atoms with Crippen LogP contribution in [0.1, 0.15) is 38.5 Å². The van der Waals surface area contributed by atoms with E-state index in [1.165, 1.54) is 19.3 Å². The summed E-state index contributed by atoms with van der Waals surface area (Å²) in [6.07, 6.45) is 6.97. The minimum Gasteiger partial charge on any atom is -0.465 e. The van der Waals surface area contributed by atoms with Gasteiger partial charge < -0.3 is 10.5 Å². The molecule has 0 amide bonds. The molecule has 0 saturated heterocycles. The van der Waals surface area contributed by atoms with Crippen LogP contribution in [-0.4, -0.2) is 23.5 Å². The minimum absolute atomic E-state index is 0.103. The van der Waals surface area contributed by atoms with Gasteiger partial charge in [0.1, 0.15) is 0 Å². The van der Waals surface area contributed by atoms with Crippen LogP contribution in [0.15, 0.2) is 0 Å². The largest absolute Gasteiger partial charge is 0.465 e. The summed E-state index contributed by atoms with van der Waals surface area (Å²) in [5, 5.41) is 0. The quantitative estimate of drug-likeness (QED) is 0.307. The van der Waals surface area contributed by atoms with E-state index >= 15 is 0 Å². The molecule has 14 heavy (non-hydrogen) atoms. The first-order valence-corrected chi connectivity index (χ1v) is 6.75. The van der Waals surface area contributed by atoms with E-state index in [-0.39, 0.29) is 5.97 Å². The van der Waals surface area contributed by atoms with E-state index < -0.39 is 0 Å². The molecule has 0 fully saturated rings. The van der Waals surface area contributed by atoms with Gasteiger partial charge in [0.15, 0.2) is 0 Å². The number of halogens is 1. The summed E-state index contributed by atoms with van der Waals surface area (Å²) in [6.45, 7) is 1.38. The van der Waals surface area contributed by atoms with Gasteiger partial charge in [-0.1, -0.05) is 48.3 Å². The summed E-state index contributed by atoms with van der Waals surface area (Å²) in [7, 11) is 0. The van der Waals surface area contributed by atoms with Gasteiger partial charge in [-0.15, -0.1) is 0 Å². The van der Waals surface area contributed by atoms with E-state index in [1.54, 1.807) is 0 Å². The van der Waals surface area contributed by atoms with E-state index in [1.807, 2.05) is 22.6 Å². The smallest absolute Gasteiger partial charge is 0.315 e. The Morgan fingerprint density at radius 2 is 1.64 bits per heavy atom. The number of carbonyl (C=O) groups is 1. The third-order valence-corrected chi connectivity index (χ3v) is 2.59. The highest BCUT2D eigenvalue weighted by Crippen LogP contribution is 2.04. The Labute approximate surface area is 99.9 Å². The number of esters is 1. The van der Waals surface area contributed by atoms with Crippen LogP contribution in [0.5, 0.6) is 0 Å². The van der Waals surface area contributed by atoms with Crippen molar-refractivity contribution in [3.05, 3.63) is 0 Å². The summed E-state index contributed by atoms with van der Waals surface area (Å²) in [6, 6.07) is 0. The van der Waals surface area contributed by atoms with E-state index in [0.29, 0.717) is 11.0 Å². The van der Waals surface area contributed by atoms with Crippen LogP contribution in [0.2, 0.25) is 0 Å². The Morgan fingerprint density at radius 3 is 2.21 bits per heavy atom. The van der Waals surface area contributed by atoms with Crippen molar-refractivity contribution in [3.63, 3.8) is 0 Å². The molecule has 0 aliphatic rings. The zero-order chi connectivity index (χ0) is 10.6. The van der Waals surface area contributed by atoms with Crippen LogP contribution in [-0.2, 0) is 9.53 Å². The van der Waals surface area contributed by atoms with Gasteiger partial charge in [0.25, 0.3) is 0 Å². The van der Waals surface area contributed by atoms with Crippen molar-refractivity contribution in [1.82, 2.24) is 0 Å². The number of hydrogen-bond acceptors (Lipinski definition) is 3. The van der Waals surface area contributed by atoms with E-state index in [4.69, 9.17) is 10.5 Å². The fourth-order valence-corrected chi connectivity index (χ4v) is 1.40. The topological polar surface area (TPSA) is 52.3 Å². The molecule has 0 unspecified atom stereocenters. The first-order valence-electron chi connectivity index (χ1n) is 5.23. The van der Waals surface area contributed by atoms with Crippen molar-refractivity contribution in [2.45, 2.75) is 38.5 Å². The maximum atomic E-state index is 10.7. The van der Waals surface area contributed by atoms with Crippen molar-refractivity contribution in [2.24, 2.45) is 5.73 Å². The monoisotopic (exact) mass is 313 g/mol. The molecule has 2 N–H and O–H groups in total. The first kappa shape index (κ1) is 14.2. The van der Waals surface area contributed by atoms with E-state index in [2.05, 4.69) is 0 Å². The van der Waals surface area contributed by atoms with Crippen molar-refractivity contribution < 1.29 is 9.53 Å². The van der Waals surface area contributed by atoms with Crippen molar-refractivity contribution in [3.8, 4) is 0 Å². The molecule has 0 aromatic heterocycles. The highest BCUT2D eigenvalue weighted by atomic mass is 127. The lowest BCUT2D eigenvalue weighted by Gasteiger charge is -2.02. The Kier molecular flexibility index (Phi) is 11.4. The molecule has 0 saturated carbocycles. The van der Waals surface area contributed by atoms with Crippen LogP contribution in [0.25, 0.3) is 0 Å². The molecular formula is C10H20INO2. The molecule has 3 nitrogen and oxygen atoms in total. The maximum Gasteiger partial charge on any atom is 0.315 e. The van der Waals surface area contributed by atoms with Gasteiger partial charge in [-0.2, -0.15) is 0 Å². The molecular weight excluding hydrogens is 293 g/mol. The maximum absolute atomic E-state index is 10.7. The van der Waals surface area contributed by atoms with Crippen molar-refractivity contribution in [2.75, 3.05) is 17.6 Å². The van der Waals surface area contributed by atoms with E-state index in [0.717, 1.165) is 25.8 Å². The van der Waals surface area contributed by atoms with Crippen LogP contribution in [0, 0.1) is 0 Å². The molecule has 84 valence electrons. The Bertz CT molecular complexity index is 142. The van der Waals surface area contributed by atoms with Crippen molar-refractivity contribution >= 4 is 28.6 Å². The van der Waals surface area contributed by atoms with Gasteiger partial charge in [-0.3, -0.25) is 4.79 Å². The second kappa shape index (κ2) is 11.2. The zero-order valence-electron chi connectivity index (χ0n) is 8.64. The Balaban J connectivity index is 2.95. The predicted molar refractivity (Wildman–Crippen MR) is 66.6 cm³/mol. The number of ether oxygens (including phenoxy) is 1. The fraction of sp³-hybridized carbons (Fsp3) is 0.900. The summed E-state index contributed by atoms with van der Waals surface area (Å²) in [4.78, 5) is 10.7. The molecule has 0 atom stereocenters. The zero-order valence-corrected chi connectivity index (χ0v) is 10.8. The van der Waals surface area contributed by atoms with Gasteiger partial charge in [0.2, 0.25) is 0 Å². The Hall–Kier alpha value is 0.160. The van der Waals surface area contributed by atoms with E-state index in [9.17, 15) is 4.79 Å². The molecule has 0 spiro atoms. The van der Waals surface area contributed by atoms with Gasteiger partial charge in [-0.25, -0.2) is 0 Å². The SMILES string of the molecule is NCCCCCCCCOC(=O)CI. The lowest BCUT2D eigenvalue weighted by atomic mass is 10.1. The number of rotatable bonds is 9. The van der Waals surface area contributed by atoms with Gasteiger partial charge >= 0.3 is 5.97 Å². The van der Waals surface area contributed by atoms with Crippen LogP contribution in [0.3, 0.4) is 0 Å². The molecule has 0 aromatic rings. The molecule has 4 heteroatoms. The van der Waals surface area contributed by atoms with Gasteiger partial charge in [-0.05, 0) is 19.4 Å². The standard InChI is InChI=1S/C10H20INO2/c11-9-10(13)14-8-6-4-2-1-3-5-7-12/h1-9,12H2. The fourth-order valence-electron chi connectivity index (χ4n) is 1.18. The molecule has 0 heterocycles. The lowest BCUT2D eigenvalue weighted by molar-refractivity contribution is -0.140. The van der Waals surface area contributed by atoms with Crippen LogP contribution in [0.4, 0.5) is 0 Å². The molecule has 0 aliphatic heterocycles. The van der Waals surface area contributed by atoms with Crippen LogP contribution < -0.4 is 5.73 Å². The first-order chi connectivity index (χ1) is 6.81. The normalized spacial score (nSPS) is 10.1. The summed E-state index contributed by atoms with van der Waals surface area (Å²) < 4.78 is 5.41. The summed E-state index contributed by atoms with van der Waals surface area (Å²) in [5.74, 6) is -0.103. The number of carbonyl (C=O) groups excluding carboxylic acids is 1. The van der Waals surface area contributed by atoms with Crippen molar-refractivity contribution in [1.29, 1.82) is 0 Å². The molecule has 0 aliphatic carbocycles. The number of hydrogen-bond donors (Lipinski definition) is 1. The average Bonchev–Trinajstić information content (AvgIpc) is 2.21. The van der Waals surface area contributed by atoms with Crippen LogP contribution >= 0.6 is 22.6 Å². The minimum atomic E-state index is -0.103. The predicted octanol–water partition coefficient (Wildman–Crippen LogP) is 2.26. The molecule has 0 radical (unpaired) electrons. The highest BCUT2D eigenvalue weighted by Gasteiger charge is 1.97.